The molecule has 1 aromatic carbocycles. The molecule has 2 N–H and O–H groups in total. The molecule has 0 amide bonds. The first-order chi connectivity index (χ1) is 9.24. The van der Waals surface area contributed by atoms with Crippen LogP contribution in [0.5, 0.6) is 5.75 Å². The second kappa shape index (κ2) is 5.35. The first-order valence-corrected chi connectivity index (χ1v) is 7.21. The van der Waals surface area contributed by atoms with Gasteiger partial charge in [0.2, 0.25) is 0 Å². The van der Waals surface area contributed by atoms with Crippen LogP contribution in [0.15, 0.2) is 33.7 Å². The molecule has 0 saturated carbocycles. The summed E-state index contributed by atoms with van der Waals surface area (Å²) in [6.07, 6.45) is 3.97. The normalized spacial score (nSPS) is 16.7. The number of rotatable bonds is 2. The van der Waals surface area contributed by atoms with Crippen molar-refractivity contribution in [1.29, 1.82) is 0 Å². The molecule has 1 aliphatic rings. The minimum atomic E-state index is -0.0772. The van der Waals surface area contributed by atoms with Gasteiger partial charge in [0.25, 0.3) is 5.56 Å². The van der Waals surface area contributed by atoms with Gasteiger partial charge in [0, 0.05) is 21.4 Å². The van der Waals surface area contributed by atoms with E-state index in [0.29, 0.717) is 5.39 Å². The predicted molar refractivity (Wildman–Crippen MR) is 78.8 cm³/mol. The lowest BCUT2D eigenvalue weighted by molar-refractivity contribution is 0.162. The van der Waals surface area contributed by atoms with Gasteiger partial charge in [0.1, 0.15) is 11.9 Å². The summed E-state index contributed by atoms with van der Waals surface area (Å²) in [7, 11) is 0. The maximum absolute atomic E-state index is 11.7. The Morgan fingerprint density at radius 1 is 1.21 bits per heavy atom. The molecule has 19 heavy (non-hydrogen) atoms. The fourth-order valence-electron chi connectivity index (χ4n) is 2.38. The summed E-state index contributed by atoms with van der Waals surface area (Å²) in [6, 6.07) is 5.61. The van der Waals surface area contributed by atoms with Crippen molar-refractivity contribution in [2.75, 3.05) is 13.1 Å². The van der Waals surface area contributed by atoms with E-state index in [0.717, 1.165) is 41.5 Å². The highest BCUT2D eigenvalue weighted by Crippen LogP contribution is 2.26. The molecule has 2 aromatic rings. The Hall–Kier alpha value is -1.33. The fourth-order valence-corrected chi connectivity index (χ4v) is 2.82. The topological polar surface area (TPSA) is 54.1 Å². The summed E-state index contributed by atoms with van der Waals surface area (Å²) < 4.78 is 6.86. The van der Waals surface area contributed by atoms with E-state index in [-0.39, 0.29) is 11.7 Å². The van der Waals surface area contributed by atoms with Crippen LogP contribution in [0.4, 0.5) is 0 Å². The van der Waals surface area contributed by atoms with Gasteiger partial charge in [-0.3, -0.25) is 4.79 Å². The SMILES string of the molecule is O=c1[nH]cc(Br)c2cc(OC3CCNCC3)ccc12. The molecule has 4 nitrogen and oxygen atoms in total. The van der Waals surface area contributed by atoms with Gasteiger partial charge in [-0.15, -0.1) is 0 Å². The molecule has 5 heteroatoms. The van der Waals surface area contributed by atoms with E-state index < -0.39 is 0 Å². The second-order valence-electron chi connectivity index (χ2n) is 4.74. The number of hydrogen-bond donors (Lipinski definition) is 2. The van der Waals surface area contributed by atoms with Gasteiger partial charge < -0.3 is 15.0 Å². The van der Waals surface area contributed by atoms with Crippen molar-refractivity contribution in [3.05, 3.63) is 39.2 Å². The lowest BCUT2D eigenvalue weighted by atomic mass is 10.1. The molecular weight excluding hydrogens is 308 g/mol. The van der Waals surface area contributed by atoms with E-state index >= 15 is 0 Å². The minimum absolute atomic E-state index is 0.0772. The fraction of sp³-hybridized carbons (Fsp3) is 0.357. The molecule has 3 rings (SSSR count). The van der Waals surface area contributed by atoms with Crippen LogP contribution in [0.25, 0.3) is 10.8 Å². The number of aromatic nitrogens is 1. The Bertz CT molecular complexity index is 647. The largest absolute Gasteiger partial charge is 0.490 e. The standard InChI is InChI=1S/C14H15BrN2O2/c15-13-8-17-14(18)11-2-1-10(7-12(11)13)19-9-3-5-16-6-4-9/h1-2,7-9,16H,3-6H2,(H,17,18). The number of nitrogens with one attached hydrogen (secondary N) is 2. The Morgan fingerprint density at radius 2 is 2.00 bits per heavy atom. The van der Waals surface area contributed by atoms with Crippen molar-refractivity contribution in [3.63, 3.8) is 0 Å². The van der Waals surface area contributed by atoms with Crippen molar-refractivity contribution in [2.45, 2.75) is 18.9 Å². The maximum atomic E-state index is 11.7. The van der Waals surface area contributed by atoms with Crippen LogP contribution in [0.1, 0.15) is 12.8 Å². The van der Waals surface area contributed by atoms with Crippen LogP contribution in [0.3, 0.4) is 0 Å². The number of aromatic amines is 1. The Kier molecular flexibility index (Phi) is 3.57. The predicted octanol–water partition coefficient (Wildman–Crippen LogP) is 2.42. The molecule has 0 spiro atoms. The van der Waals surface area contributed by atoms with Gasteiger partial charge in [-0.25, -0.2) is 0 Å². The van der Waals surface area contributed by atoms with Gasteiger partial charge >= 0.3 is 0 Å². The summed E-state index contributed by atoms with van der Waals surface area (Å²) in [5.41, 5.74) is -0.0772. The van der Waals surface area contributed by atoms with Gasteiger partial charge in [0.15, 0.2) is 0 Å². The van der Waals surface area contributed by atoms with Crippen LogP contribution in [-0.2, 0) is 0 Å². The molecule has 100 valence electrons. The Morgan fingerprint density at radius 3 is 2.79 bits per heavy atom. The van der Waals surface area contributed by atoms with Crippen molar-refractivity contribution < 1.29 is 4.74 Å². The second-order valence-corrected chi connectivity index (χ2v) is 5.59. The van der Waals surface area contributed by atoms with E-state index in [1.54, 1.807) is 6.20 Å². The van der Waals surface area contributed by atoms with Gasteiger partial charge in [-0.2, -0.15) is 0 Å². The smallest absolute Gasteiger partial charge is 0.255 e. The van der Waals surface area contributed by atoms with Crippen LogP contribution in [-0.4, -0.2) is 24.2 Å². The summed E-state index contributed by atoms with van der Waals surface area (Å²) in [5.74, 6) is 0.825. The van der Waals surface area contributed by atoms with Crippen molar-refractivity contribution >= 4 is 26.7 Å². The van der Waals surface area contributed by atoms with Crippen LogP contribution in [0, 0.1) is 0 Å². The average molecular weight is 323 g/mol. The molecule has 0 radical (unpaired) electrons. The first-order valence-electron chi connectivity index (χ1n) is 6.42. The summed E-state index contributed by atoms with van der Waals surface area (Å²) in [6.45, 7) is 2.00. The zero-order valence-electron chi connectivity index (χ0n) is 10.4. The quantitative estimate of drug-likeness (QED) is 0.892. The van der Waals surface area contributed by atoms with E-state index in [2.05, 4.69) is 26.2 Å². The molecule has 0 bridgehead atoms. The molecule has 1 fully saturated rings. The number of hydrogen-bond acceptors (Lipinski definition) is 3. The van der Waals surface area contributed by atoms with Crippen LogP contribution < -0.4 is 15.6 Å². The Labute approximate surface area is 119 Å². The van der Waals surface area contributed by atoms with Gasteiger partial charge in [-0.05, 0) is 60.1 Å². The molecule has 1 saturated heterocycles. The van der Waals surface area contributed by atoms with Gasteiger partial charge in [-0.1, -0.05) is 0 Å². The van der Waals surface area contributed by atoms with Crippen molar-refractivity contribution in [3.8, 4) is 5.75 Å². The monoisotopic (exact) mass is 322 g/mol. The zero-order valence-corrected chi connectivity index (χ0v) is 12.0. The average Bonchev–Trinajstić information content (AvgIpc) is 2.44. The summed E-state index contributed by atoms with van der Waals surface area (Å²) in [5, 5.41) is 4.87. The molecule has 2 heterocycles. The van der Waals surface area contributed by atoms with Crippen LogP contribution >= 0.6 is 15.9 Å². The third-order valence-corrected chi connectivity index (χ3v) is 4.07. The molecule has 0 unspecified atom stereocenters. The lowest BCUT2D eigenvalue weighted by Crippen LogP contribution is -2.34. The molecule has 0 aliphatic carbocycles. The van der Waals surface area contributed by atoms with Crippen molar-refractivity contribution in [1.82, 2.24) is 10.3 Å². The third-order valence-electron chi connectivity index (χ3n) is 3.41. The maximum Gasteiger partial charge on any atom is 0.255 e. The summed E-state index contributed by atoms with van der Waals surface area (Å²) >= 11 is 3.45. The number of benzene rings is 1. The van der Waals surface area contributed by atoms with Crippen LogP contribution in [0.2, 0.25) is 0 Å². The van der Waals surface area contributed by atoms with Crippen molar-refractivity contribution in [2.24, 2.45) is 0 Å². The van der Waals surface area contributed by atoms with E-state index in [1.165, 1.54) is 0 Å². The number of halogens is 1. The summed E-state index contributed by atoms with van der Waals surface area (Å²) in [4.78, 5) is 14.4. The molecule has 1 aliphatic heterocycles. The number of fused-ring (bicyclic) bond motifs is 1. The molecule has 0 atom stereocenters. The highest BCUT2D eigenvalue weighted by Gasteiger charge is 2.15. The number of ether oxygens (including phenoxy) is 1. The zero-order chi connectivity index (χ0) is 13.2. The third kappa shape index (κ3) is 2.67. The lowest BCUT2D eigenvalue weighted by Gasteiger charge is -2.24. The first kappa shape index (κ1) is 12.7. The van der Waals surface area contributed by atoms with E-state index in [9.17, 15) is 4.79 Å². The highest BCUT2D eigenvalue weighted by molar-refractivity contribution is 9.10. The van der Waals surface area contributed by atoms with E-state index in [4.69, 9.17) is 4.74 Å². The molecular formula is C14H15BrN2O2. The number of pyridine rings is 1. The number of H-pyrrole nitrogens is 1. The van der Waals surface area contributed by atoms with E-state index in [1.807, 2.05) is 18.2 Å². The number of piperidine rings is 1. The Balaban J connectivity index is 1.92. The highest BCUT2D eigenvalue weighted by atomic mass is 79.9. The van der Waals surface area contributed by atoms with Gasteiger partial charge in [0.05, 0.1) is 0 Å². The molecule has 1 aromatic heterocycles. The minimum Gasteiger partial charge on any atom is -0.490 e.